The van der Waals surface area contributed by atoms with Crippen LogP contribution < -0.4 is 5.32 Å². The van der Waals surface area contributed by atoms with E-state index < -0.39 is 29.8 Å². The number of nitrogens with one attached hydrogen (secondary N) is 1. The average Bonchev–Trinajstić information content (AvgIpc) is 2.65. The highest BCUT2D eigenvalue weighted by atomic mass is 16.2. The van der Waals surface area contributed by atoms with E-state index in [2.05, 4.69) is 5.32 Å². The van der Waals surface area contributed by atoms with Crippen LogP contribution in [0.5, 0.6) is 0 Å². The van der Waals surface area contributed by atoms with Gasteiger partial charge in [0, 0.05) is 5.92 Å². The van der Waals surface area contributed by atoms with E-state index >= 15 is 0 Å². The molecule has 1 saturated heterocycles. The molecule has 0 aliphatic carbocycles. The van der Waals surface area contributed by atoms with Crippen molar-refractivity contribution in [3.05, 3.63) is 35.9 Å². The van der Waals surface area contributed by atoms with Gasteiger partial charge in [-0.1, -0.05) is 44.2 Å². The minimum atomic E-state index is -0.763. The zero-order valence-electron chi connectivity index (χ0n) is 10.2. The lowest BCUT2D eigenvalue weighted by Gasteiger charge is -2.13. The molecule has 0 aromatic heterocycles. The van der Waals surface area contributed by atoms with Crippen molar-refractivity contribution in [3.8, 4) is 0 Å². The second-order valence-electron chi connectivity index (χ2n) is 4.46. The molecule has 94 valence electrons. The smallest absolute Gasteiger partial charge is 0.321 e. The van der Waals surface area contributed by atoms with Gasteiger partial charge in [0.1, 0.15) is 6.04 Å². The first-order valence-corrected chi connectivity index (χ1v) is 5.75. The molecule has 1 aromatic rings. The zero-order chi connectivity index (χ0) is 13.3. The van der Waals surface area contributed by atoms with Crippen LogP contribution in [0.4, 0.5) is 4.79 Å². The Balaban J connectivity index is 2.28. The molecule has 1 aromatic carbocycles. The fourth-order valence-corrected chi connectivity index (χ4v) is 1.82. The van der Waals surface area contributed by atoms with E-state index in [1.165, 1.54) is 0 Å². The number of rotatable bonds is 2. The molecular formula is C13H14N2O3. The highest BCUT2D eigenvalue weighted by Crippen LogP contribution is 2.22. The van der Waals surface area contributed by atoms with Crippen LogP contribution in [0.15, 0.2) is 30.3 Å². The predicted octanol–water partition coefficient (Wildman–Crippen LogP) is 1.46. The van der Waals surface area contributed by atoms with E-state index in [-0.39, 0.29) is 0 Å². The number of hydrogen-bond acceptors (Lipinski definition) is 3. The van der Waals surface area contributed by atoms with Crippen LogP contribution in [0.2, 0.25) is 0 Å². The maximum atomic E-state index is 12.1. The van der Waals surface area contributed by atoms with E-state index in [0.717, 1.165) is 0 Å². The lowest BCUT2D eigenvalue weighted by Crippen LogP contribution is -2.39. The zero-order valence-corrected chi connectivity index (χ0v) is 10.2. The van der Waals surface area contributed by atoms with Gasteiger partial charge in [0.25, 0.3) is 5.91 Å². The van der Waals surface area contributed by atoms with Crippen molar-refractivity contribution in [2.45, 2.75) is 19.9 Å². The summed E-state index contributed by atoms with van der Waals surface area (Å²) in [7, 11) is 0. The molecule has 0 saturated carbocycles. The van der Waals surface area contributed by atoms with Gasteiger partial charge in [0.05, 0.1) is 0 Å². The van der Waals surface area contributed by atoms with Crippen molar-refractivity contribution >= 4 is 17.8 Å². The topological polar surface area (TPSA) is 66.5 Å². The van der Waals surface area contributed by atoms with Crippen molar-refractivity contribution in [1.82, 2.24) is 10.2 Å². The average molecular weight is 246 g/mol. The molecule has 1 N–H and O–H groups in total. The second kappa shape index (κ2) is 4.60. The molecule has 0 radical (unpaired) electrons. The van der Waals surface area contributed by atoms with E-state index in [9.17, 15) is 14.4 Å². The summed E-state index contributed by atoms with van der Waals surface area (Å²) >= 11 is 0. The quantitative estimate of drug-likeness (QED) is 0.803. The summed E-state index contributed by atoms with van der Waals surface area (Å²) in [6, 6.07) is 7.46. The first kappa shape index (κ1) is 12.3. The Bertz CT molecular complexity index is 496. The summed E-state index contributed by atoms with van der Waals surface area (Å²) in [4.78, 5) is 36.3. The Labute approximate surface area is 105 Å². The Morgan fingerprint density at radius 2 is 1.83 bits per heavy atom. The van der Waals surface area contributed by atoms with Gasteiger partial charge in [-0.05, 0) is 5.56 Å². The fourth-order valence-electron chi connectivity index (χ4n) is 1.82. The van der Waals surface area contributed by atoms with Gasteiger partial charge in [-0.2, -0.15) is 4.90 Å². The molecule has 5 heteroatoms. The first-order chi connectivity index (χ1) is 8.52. The Kier molecular flexibility index (Phi) is 3.14. The number of amides is 4. The molecule has 1 fully saturated rings. The van der Waals surface area contributed by atoms with Crippen LogP contribution in [-0.4, -0.2) is 22.7 Å². The monoisotopic (exact) mass is 246 g/mol. The molecule has 2 rings (SSSR count). The normalized spacial score (nSPS) is 19.3. The second-order valence-corrected chi connectivity index (χ2v) is 4.46. The van der Waals surface area contributed by atoms with Gasteiger partial charge in [0.15, 0.2) is 0 Å². The molecule has 1 atom stereocenters. The third-order valence-corrected chi connectivity index (χ3v) is 2.79. The van der Waals surface area contributed by atoms with Crippen molar-refractivity contribution in [3.63, 3.8) is 0 Å². The number of carbonyl (C=O) groups is 3. The van der Waals surface area contributed by atoms with Crippen LogP contribution in [0.1, 0.15) is 25.5 Å². The molecule has 1 aliphatic heterocycles. The number of hydrogen-bond donors (Lipinski definition) is 1. The van der Waals surface area contributed by atoms with Crippen LogP contribution in [0, 0.1) is 5.92 Å². The third kappa shape index (κ3) is 1.99. The molecule has 4 amide bonds. The Hall–Kier alpha value is -2.17. The summed E-state index contributed by atoms with van der Waals surface area (Å²) in [6.45, 7) is 3.30. The van der Waals surface area contributed by atoms with Gasteiger partial charge in [-0.3, -0.25) is 9.59 Å². The Morgan fingerprint density at radius 1 is 1.22 bits per heavy atom. The molecule has 1 heterocycles. The van der Waals surface area contributed by atoms with Crippen LogP contribution in [0.25, 0.3) is 0 Å². The fraction of sp³-hybridized carbons (Fsp3) is 0.308. The summed E-state index contributed by atoms with van der Waals surface area (Å²) in [6.07, 6.45) is 0. The van der Waals surface area contributed by atoms with Gasteiger partial charge in [0.2, 0.25) is 5.91 Å². The number of carbonyl (C=O) groups excluding carboxylic acids is 3. The summed E-state index contributed by atoms with van der Waals surface area (Å²) in [5.41, 5.74) is 0.676. The minimum Gasteiger partial charge on any atom is -0.321 e. The lowest BCUT2D eigenvalue weighted by atomic mass is 10.1. The summed E-state index contributed by atoms with van der Waals surface area (Å²) in [5, 5.41) is 2.52. The number of nitrogens with zero attached hydrogens (tertiary/aromatic N) is 1. The van der Waals surface area contributed by atoms with Crippen molar-refractivity contribution in [2.75, 3.05) is 0 Å². The molecular weight excluding hydrogens is 232 g/mol. The van der Waals surface area contributed by atoms with Crippen molar-refractivity contribution in [2.24, 2.45) is 5.92 Å². The largest absolute Gasteiger partial charge is 0.332 e. The number of urea groups is 1. The first-order valence-electron chi connectivity index (χ1n) is 5.75. The Morgan fingerprint density at radius 3 is 2.39 bits per heavy atom. The minimum absolute atomic E-state index is 0.394. The summed E-state index contributed by atoms with van der Waals surface area (Å²) < 4.78 is 0. The van der Waals surface area contributed by atoms with E-state index in [1.54, 1.807) is 38.1 Å². The third-order valence-electron chi connectivity index (χ3n) is 2.79. The van der Waals surface area contributed by atoms with Gasteiger partial charge in [-0.15, -0.1) is 0 Å². The van der Waals surface area contributed by atoms with Gasteiger partial charge < -0.3 is 5.32 Å². The highest BCUT2D eigenvalue weighted by Gasteiger charge is 2.43. The number of benzene rings is 1. The molecule has 18 heavy (non-hydrogen) atoms. The summed E-state index contributed by atoms with van der Waals surface area (Å²) in [5.74, 6) is -1.38. The van der Waals surface area contributed by atoms with Crippen molar-refractivity contribution in [1.29, 1.82) is 0 Å². The molecule has 0 bridgehead atoms. The maximum Gasteiger partial charge on any atom is 0.332 e. The SMILES string of the molecule is CC(C)C(=O)N1C(=O)N[C@H](c2ccccc2)C1=O. The van der Waals surface area contributed by atoms with E-state index in [1.807, 2.05) is 6.07 Å². The van der Waals surface area contributed by atoms with Gasteiger partial charge >= 0.3 is 6.03 Å². The lowest BCUT2D eigenvalue weighted by molar-refractivity contribution is -0.141. The van der Waals surface area contributed by atoms with Crippen LogP contribution in [-0.2, 0) is 9.59 Å². The van der Waals surface area contributed by atoms with E-state index in [0.29, 0.717) is 10.5 Å². The molecule has 0 unspecified atom stereocenters. The molecule has 0 spiro atoms. The van der Waals surface area contributed by atoms with Gasteiger partial charge in [-0.25, -0.2) is 4.79 Å². The maximum absolute atomic E-state index is 12.1. The predicted molar refractivity (Wildman–Crippen MR) is 64.4 cm³/mol. The molecule has 5 nitrogen and oxygen atoms in total. The van der Waals surface area contributed by atoms with E-state index in [4.69, 9.17) is 0 Å². The highest BCUT2D eigenvalue weighted by molar-refractivity contribution is 6.16. The number of imide groups is 3. The van der Waals surface area contributed by atoms with Crippen LogP contribution in [0.3, 0.4) is 0 Å². The van der Waals surface area contributed by atoms with Crippen LogP contribution >= 0.6 is 0 Å². The molecule has 1 aliphatic rings. The standard InChI is InChI=1S/C13H14N2O3/c1-8(2)11(16)15-12(17)10(14-13(15)18)9-6-4-3-5-7-9/h3-8,10H,1-2H3,(H,14,18)/t10-/m1/s1. The van der Waals surface area contributed by atoms with Crippen molar-refractivity contribution < 1.29 is 14.4 Å².